The number of carbonyl (C=O) groups is 2. The zero-order chi connectivity index (χ0) is 13.1. The predicted octanol–water partition coefficient (Wildman–Crippen LogP) is 1.62. The standard InChI is InChI=1S/C12H10N2O4/c1-18-12(17)14-9-5-3-2-4-8(9)6-13-7-10(14)11(15)16/h2-7H,1H3,(H,15,16). The first-order valence-corrected chi connectivity index (χ1v) is 5.09. The highest BCUT2D eigenvalue weighted by Gasteiger charge is 2.28. The minimum atomic E-state index is -1.26. The summed E-state index contributed by atoms with van der Waals surface area (Å²) in [6, 6.07) is 6.83. The molecule has 0 atom stereocenters. The molecule has 2 rings (SSSR count). The normalized spacial score (nSPS) is 13.4. The lowest BCUT2D eigenvalue weighted by molar-refractivity contribution is -0.132. The molecule has 1 amide bonds. The Hall–Kier alpha value is -2.63. The third kappa shape index (κ3) is 1.95. The van der Waals surface area contributed by atoms with Gasteiger partial charge < -0.3 is 9.84 Å². The van der Waals surface area contributed by atoms with Crippen LogP contribution in [-0.4, -0.2) is 30.5 Å². The van der Waals surface area contributed by atoms with Crippen LogP contribution in [0, 0.1) is 0 Å². The molecule has 6 heteroatoms. The first kappa shape index (κ1) is 11.8. The van der Waals surface area contributed by atoms with Crippen molar-refractivity contribution in [2.75, 3.05) is 12.0 Å². The number of amides is 1. The van der Waals surface area contributed by atoms with Crippen molar-refractivity contribution in [2.24, 2.45) is 4.99 Å². The van der Waals surface area contributed by atoms with E-state index < -0.39 is 12.1 Å². The van der Waals surface area contributed by atoms with Crippen LogP contribution in [0.3, 0.4) is 0 Å². The van der Waals surface area contributed by atoms with Crippen molar-refractivity contribution < 1.29 is 19.4 Å². The van der Waals surface area contributed by atoms with E-state index in [9.17, 15) is 9.59 Å². The lowest BCUT2D eigenvalue weighted by Gasteiger charge is -2.21. The van der Waals surface area contributed by atoms with E-state index in [0.29, 0.717) is 11.3 Å². The summed E-state index contributed by atoms with van der Waals surface area (Å²) in [5.74, 6) is -1.26. The van der Waals surface area contributed by atoms with E-state index in [1.807, 2.05) is 0 Å². The molecule has 92 valence electrons. The number of anilines is 1. The van der Waals surface area contributed by atoms with Gasteiger partial charge in [0.25, 0.3) is 0 Å². The number of aliphatic carboxylic acids is 1. The number of hydrogen-bond acceptors (Lipinski definition) is 4. The fourth-order valence-electron chi connectivity index (χ4n) is 1.61. The average molecular weight is 246 g/mol. The zero-order valence-electron chi connectivity index (χ0n) is 9.53. The van der Waals surface area contributed by atoms with Gasteiger partial charge in [0.1, 0.15) is 0 Å². The number of fused-ring (bicyclic) bond motifs is 1. The number of rotatable bonds is 1. The highest BCUT2D eigenvalue weighted by molar-refractivity contribution is 6.07. The van der Waals surface area contributed by atoms with E-state index in [0.717, 1.165) is 11.1 Å². The number of hydrogen-bond donors (Lipinski definition) is 1. The van der Waals surface area contributed by atoms with Crippen molar-refractivity contribution in [3.63, 3.8) is 0 Å². The number of ether oxygens (including phenoxy) is 1. The molecule has 0 fully saturated rings. The molecular formula is C12H10N2O4. The summed E-state index contributed by atoms with van der Waals surface area (Å²) in [5.41, 5.74) is 0.790. The molecule has 1 N–H and O–H groups in total. The maximum Gasteiger partial charge on any atom is 0.418 e. The summed E-state index contributed by atoms with van der Waals surface area (Å²) in [6.07, 6.45) is 1.82. The van der Waals surface area contributed by atoms with Crippen molar-refractivity contribution in [3.8, 4) is 0 Å². The summed E-state index contributed by atoms with van der Waals surface area (Å²) >= 11 is 0. The molecule has 0 radical (unpaired) electrons. The Kier molecular flexibility index (Phi) is 3.09. The number of nitrogens with zero attached hydrogens (tertiary/aromatic N) is 2. The third-order valence-corrected chi connectivity index (χ3v) is 2.41. The van der Waals surface area contributed by atoms with Gasteiger partial charge in [0, 0.05) is 11.8 Å². The number of carboxylic acid groups (broad SMARTS) is 1. The fraction of sp³-hybridized carbons (Fsp3) is 0.0833. The van der Waals surface area contributed by atoms with Crippen LogP contribution in [-0.2, 0) is 9.53 Å². The van der Waals surface area contributed by atoms with Gasteiger partial charge in [0.05, 0.1) is 19.0 Å². The van der Waals surface area contributed by atoms with Crippen LogP contribution in [0.4, 0.5) is 10.5 Å². The third-order valence-electron chi connectivity index (χ3n) is 2.41. The molecule has 1 heterocycles. The van der Waals surface area contributed by atoms with Crippen LogP contribution >= 0.6 is 0 Å². The van der Waals surface area contributed by atoms with Crippen LogP contribution in [0.5, 0.6) is 0 Å². The number of para-hydroxylation sites is 1. The molecule has 1 aromatic carbocycles. The van der Waals surface area contributed by atoms with Gasteiger partial charge in [-0.15, -0.1) is 0 Å². The largest absolute Gasteiger partial charge is 0.477 e. The molecule has 1 aromatic rings. The lowest BCUT2D eigenvalue weighted by atomic mass is 10.1. The summed E-state index contributed by atoms with van der Waals surface area (Å²) in [6.45, 7) is 0. The summed E-state index contributed by atoms with van der Waals surface area (Å²) < 4.78 is 4.61. The minimum Gasteiger partial charge on any atom is -0.477 e. The summed E-state index contributed by atoms with van der Waals surface area (Å²) in [7, 11) is 1.19. The summed E-state index contributed by atoms with van der Waals surface area (Å²) in [5, 5.41) is 9.11. The SMILES string of the molecule is COC(=O)N1C(C(=O)O)=CN=Cc2ccccc21. The van der Waals surface area contributed by atoms with Gasteiger partial charge in [0.2, 0.25) is 0 Å². The Morgan fingerprint density at radius 1 is 1.33 bits per heavy atom. The Labute approximate surface area is 103 Å². The average Bonchev–Trinajstić information content (AvgIpc) is 2.57. The van der Waals surface area contributed by atoms with Gasteiger partial charge in [0.15, 0.2) is 5.70 Å². The first-order valence-electron chi connectivity index (χ1n) is 5.09. The molecule has 0 aliphatic carbocycles. The fourth-order valence-corrected chi connectivity index (χ4v) is 1.61. The van der Waals surface area contributed by atoms with Gasteiger partial charge in [-0.1, -0.05) is 18.2 Å². The van der Waals surface area contributed by atoms with Gasteiger partial charge in [-0.2, -0.15) is 0 Å². The second-order valence-corrected chi connectivity index (χ2v) is 3.46. The van der Waals surface area contributed by atoms with Gasteiger partial charge in [-0.05, 0) is 6.07 Å². The van der Waals surface area contributed by atoms with Crippen LogP contribution in [0.25, 0.3) is 0 Å². The molecule has 0 aromatic heterocycles. The van der Waals surface area contributed by atoms with Crippen LogP contribution in [0.2, 0.25) is 0 Å². The Balaban J connectivity index is 2.61. The predicted molar refractivity (Wildman–Crippen MR) is 64.6 cm³/mol. The van der Waals surface area contributed by atoms with E-state index in [-0.39, 0.29) is 5.70 Å². The second kappa shape index (κ2) is 4.70. The monoisotopic (exact) mass is 246 g/mol. The number of aliphatic imine (C=N–C) groups is 1. The van der Waals surface area contributed by atoms with Crippen molar-refractivity contribution in [2.45, 2.75) is 0 Å². The number of carboxylic acids is 1. The molecule has 1 aliphatic heterocycles. The van der Waals surface area contributed by atoms with E-state index in [1.54, 1.807) is 24.3 Å². The second-order valence-electron chi connectivity index (χ2n) is 3.46. The Bertz CT molecular complexity index is 563. The molecule has 0 unspecified atom stereocenters. The molecule has 0 saturated heterocycles. The minimum absolute atomic E-state index is 0.261. The van der Waals surface area contributed by atoms with E-state index in [1.165, 1.54) is 13.3 Å². The molecule has 0 bridgehead atoms. The maximum atomic E-state index is 11.7. The van der Waals surface area contributed by atoms with Crippen molar-refractivity contribution >= 4 is 24.0 Å². The highest BCUT2D eigenvalue weighted by atomic mass is 16.5. The van der Waals surface area contributed by atoms with E-state index in [4.69, 9.17) is 5.11 Å². The molecule has 18 heavy (non-hydrogen) atoms. The van der Waals surface area contributed by atoms with Gasteiger partial charge >= 0.3 is 12.1 Å². The van der Waals surface area contributed by atoms with E-state index in [2.05, 4.69) is 9.73 Å². The maximum absolute atomic E-state index is 11.7. The van der Waals surface area contributed by atoms with Crippen LogP contribution in [0.1, 0.15) is 5.56 Å². The molecule has 0 spiro atoms. The Morgan fingerprint density at radius 3 is 2.72 bits per heavy atom. The molecular weight excluding hydrogens is 236 g/mol. The number of methoxy groups -OCH3 is 1. The lowest BCUT2D eigenvalue weighted by Crippen LogP contribution is -2.33. The van der Waals surface area contributed by atoms with Crippen molar-refractivity contribution in [1.29, 1.82) is 0 Å². The quantitative estimate of drug-likeness (QED) is 0.816. The first-order chi connectivity index (χ1) is 8.65. The zero-order valence-corrected chi connectivity index (χ0v) is 9.53. The molecule has 1 aliphatic rings. The number of carbonyl (C=O) groups excluding carboxylic acids is 1. The van der Waals surface area contributed by atoms with Crippen LogP contribution < -0.4 is 4.90 Å². The Morgan fingerprint density at radius 2 is 2.06 bits per heavy atom. The van der Waals surface area contributed by atoms with Crippen LogP contribution in [0.15, 0.2) is 41.2 Å². The van der Waals surface area contributed by atoms with Crippen molar-refractivity contribution in [1.82, 2.24) is 0 Å². The smallest absolute Gasteiger partial charge is 0.418 e. The van der Waals surface area contributed by atoms with E-state index >= 15 is 0 Å². The van der Waals surface area contributed by atoms with Crippen molar-refractivity contribution in [3.05, 3.63) is 41.7 Å². The highest BCUT2D eigenvalue weighted by Crippen LogP contribution is 2.26. The number of benzene rings is 1. The topological polar surface area (TPSA) is 79.2 Å². The van der Waals surface area contributed by atoms with Gasteiger partial charge in [-0.25, -0.2) is 14.5 Å². The van der Waals surface area contributed by atoms with Gasteiger partial charge in [-0.3, -0.25) is 4.99 Å². The molecule has 0 saturated carbocycles. The molecule has 6 nitrogen and oxygen atoms in total. The summed E-state index contributed by atoms with van der Waals surface area (Å²) in [4.78, 5) is 27.7.